The Hall–Kier alpha value is -4.37. The molecule has 1 fully saturated rings. The smallest absolute Gasteiger partial charge is 0.301 e. The summed E-state index contributed by atoms with van der Waals surface area (Å²) in [5.41, 5.74) is 4.84. The van der Waals surface area contributed by atoms with E-state index in [1.165, 1.54) is 16.2 Å². The van der Waals surface area contributed by atoms with Crippen molar-refractivity contribution in [3.8, 4) is 17.2 Å². The van der Waals surface area contributed by atoms with Gasteiger partial charge < -0.3 is 19.3 Å². The number of hydrogen-bond donors (Lipinski definition) is 1. The lowest BCUT2D eigenvalue weighted by Gasteiger charge is -2.24. The predicted octanol–water partition coefficient (Wildman–Crippen LogP) is 7.83. The fourth-order valence-corrected chi connectivity index (χ4v) is 7.32. The van der Waals surface area contributed by atoms with E-state index in [1.54, 1.807) is 18.2 Å². The van der Waals surface area contributed by atoms with Gasteiger partial charge in [0.05, 0.1) is 35.0 Å². The standard InChI is InChI=1S/C36H38N2O6S/c1-6-8-9-14-43-27-13-10-23(19-28(27)42-7-2)32-30(33(39)24-11-12-26-25(18-24)17-22(5)44-26)34(40)35(41)38(32)36-37-31-21(4)15-20(3)16-29(31)45-36/h10-13,15-16,18-19,22,32,39H,6-9,14,17H2,1-5H3. The van der Waals surface area contributed by atoms with Crippen LogP contribution in [-0.4, -0.2) is 41.1 Å². The first kappa shape index (κ1) is 30.6. The lowest BCUT2D eigenvalue weighted by molar-refractivity contribution is -0.132. The first-order valence-electron chi connectivity index (χ1n) is 15.6. The van der Waals surface area contributed by atoms with Crippen molar-refractivity contribution in [3.05, 3.63) is 81.9 Å². The number of Topliss-reactive ketones (excluding diaryl/α,β-unsaturated/α-hetero) is 1. The van der Waals surface area contributed by atoms with E-state index in [2.05, 4.69) is 6.92 Å². The van der Waals surface area contributed by atoms with Crippen molar-refractivity contribution in [1.29, 1.82) is 0 Å². The molecule has 45 heavy (non-hydrogen) atoms. The zero-order valence-corrected chi connectivity index (χ0v) is 27.1. The third-order valence-corrected chi connectivity index (χ3v) is 9.23. The number of aliphatic hydroxyl groups is 1. The van der Waals surface area contributed by atoms with Gasteiger partial charge in [-0.15, -0.1) is 0 Å². The Labute approximate surface area is 267 Å². The van der Waals surface area contributed by atoms with Crippen LogP contribution >= 0.6 is 11.3 Å². The number of hydrogen-bond acceptors (Lipinski definition) is 8. The maximum atomic E-state index is 13.9. The number of unbranched alkanes of at least 4 members (excludes halogenated alkanes) is 2. The molecule has 1 saturated heterocycles. The number of nitrogens with zero attached hydrogens (tertiary/aromatic N) is 2. The number of fused-ring (bicyclic) bond motifs is 2. The molecule has 2 atom stereocenters. The molecule has 0 saturated carbocycles. The van der Waals surface area contributed by atoms with Gasteiger partial charge in [-0.3, -0.25) is 14.5 Å². The van der Waals surface area contributed by atoms with Gasteiger partial charge in [0.1, 0.15) is 17.6 Å². The molecular formula is C36H38N2O6S. The van der Waals surface area contributed by atoms with Crippen molar-refractivity contribution in [2.75, 3.05) is 18.1 Å². The van der Waals surface area contributed by atoms with Gasteiger partial charge in [0, 0.05) is 12.0 Å². The lowest BCUT2D eigenvalue weighted by Crippen LogP contribution is -2.29. The van der Waals surface area contributed by atoms with Gasteiger partial charge in [0.15, 0.2) is 16.6 Å². The minimum atomic E-state index is -0.941. The molecule has 0 bridgehead atoms. The van der Waals surface area contributed by atoms with Crippen molar-refractivity contribution >= 4 is 44.1 Å². The van der Waals surface area contributed by atoms with Crippen LogP contribution < -0.4 is 19.1 Å². The van der Waals surface area contributed by atoms with Crippen LogP contribution in [0.2, 0.25) is 0 Å². The van der Waals surface area contributed by atoms with E-state index in [0.29, 0.717) is 47.4 Å². The van der Waals surface area contributed by atoms with Crippen LogP contribution in [0.15, 0.2) is 54.1 Å². The molecule has 0 aliphatic carbocycles. The molecule has 1 N–H and O–H groups in total. The van der Waals surface area contributed by atoms with Crippen LogP contribution in [0, 0.1) is 13.8 Å². The maximum absolute atomic E-state index is 13.9. The topological polar surface area (TPSA) is 98.2 Å². The Balaban J connectivity index is 1.50. The van der Waals surface area contributed by atoms with E-state index < -0.39 is 17.7 Å². The van der Waals surface area contributed by atoms with Crippen LogP contribution in [0.1, 0.15) is 73.9 Å². The summed E-state index contributed by atoms with van der Waals surface area (Å²) in [6, 6.07) is 13.9. The molecule has 6 rings (SSSR count). The highest BCUT2D eigenvalue weighted by Crippen LogP contribution is 2.46. The molecule has 1 aromatic heterocycles. The Bertz CT molecular complexity index is 1830. The van der Waals surface area contributed by atoms with Gasteiger partial charge in [0.25, 0.3) is 5.78 Å². The third-order valence-electron chi connectivity index (χ3n) is 8.23. The van der Waals surface area contributed by atoms with Crippen LogP contribution in [0.25, 0.3) is 16.0 Å². The average molecular weight is 627 g/mol. The number of carbonyl (C=O) groups is 2. The molecule has 1 amide bonds. The van der Waals surface area contributed by atoms with Crippen molar-refractivity contribution in [2.24, 2.45) is 0 Å². The van der Waals surface area contributed by atoms with Crippen molar-refractivity contribution < 1.29 is 28.9 Å². The number of anilines is 1. The summed E-state index contributed by atoms with van der Waals surface area (Å²) >= 11 is 1.35. The molecule has 0 radical (unpaired) electrons. The number of carbonyl (C=O) groups excluding carboxylic acids is 2. The van der Waals surface area contributed by atoms with Crippen LogP contribution in [-0.2, 0) is 16.0 Å². The number of ketones is 1. The van der Waals surface area contributed by atoms with E-state index in [1.807, 2.05) is 58.0 Å². The van der Waals surface area contributed by atoms with Crippen molar-refractivity contribution in [3.63, 3.8) is 0 Å². The molecule has 9 heteroatoms. The zero-order valence-electron chi connectivity index (χ0n) is 26.3. The Morgan fingerprint density at radius 1 is 1.04 bits per heavy atom. The summed E-state index contributed by atoms with van der Waals surface area (Å²) in [5.74, 6) is 0.101. The lowest BCUT2D eigenvalue weighted by atomic mass is 9.94. The number of thiazole rings is 1. The van der Waals surface area contributed by atoms with Gasteiger partial charge in [-0.1, -0.05) is 43.2 Å². The predicted molar refractivity (Wildman–Crippen MR) is 177 cm³/mol. The first-order valence-corrected chi connectivity index (χ1v) is 16.4. The van der Waals surface area contributed by atoms with Crippen LogP contribution in [0.3, 0.4) is 0 Å². The molecular weight excluding hydrogens is 588 g/mol. The Morgan fingerprint density at radius 2 is 1.87 bits per heavy atom. The summed E-state index contributed by atoms with van der Waals surface area (Å²) < 4.78 is 18.8. The summed E-state index contributed by atoms with van der Waals surface area (Å²) in [4.78, 5) is 34.0. The molecule has 3 heterocycles. The Kier molecular flexibility index (Phi) is 8.55. The molecule has 0 spiro atoms. The number of aromatic nitrogens is 1. The van der Waals surface area contributed by atoms with Crippen LogP contribution in [0.4, 0.5) is 5.13 Å². The Morgan fingerprint density at radius 3 is 2.64 bits per heavy atom. The largest absolute Gasteiger partial charge is 0.507 e. The second-order valence-electron chi connectivity index (χ2n) is 11.7. The minimum Gasteiger partial charge on any atom is -0.507 e. The van der Waals surface area contributed by atoms with E-state index in [-0.39, 0.29) is 17.4 Å². The SMILES string of the molecule is CCCCCOc1ccc(C2C(=C(O)c3ccc4c(c3)CC(C)O4)C(=O)C(=O)N2c2nc3c(C)cc(C)cc3s2)cc1OCC. The molecule has 3 aromatic carbocycles. The van der Waals surface area contributed by atoms with Gasteiger partial charge >= 0.3 is 5.91 Å². The highest BCUT2D eigenvalue weighted by atomic mass is 32.1. The minimum absolute atomic E-state index is 0.00173. The second-order valence-corrected chi connectivity index (χ2v) is 12.8. The monoisotopic (exact) mass is 626 g/mol. The maximum Gasteiger partial charge on any atom is 0.301 e. The highest BCUT2D eigenvalue weighted by Gasteiger charge is 2.48. The number of benzene rings is 3. The van der Waals surface area contributed by atoms with E-state index in [0.717, 1.165) is 51.9 Å². The third kappa shape index (κ3) is 5.77. The van der Waals surface area contributed by atoms with E-state index >= 15 is 0 Å². The summed E-state index contributed by atoms with van der Waals surface area (Å²) in [7, 11) is 0. The number of amides is 1. The summed E-state index contributed by atoms with van der Waals surface area (Å²) in [6.45, 7) is 11.0. The number of aryl methyl sites for hydroxylation is 2. The van der Waals surface area contributed by atoms with Crippen molar-refractivity contribution in [2.45, 2.75) is 72.4 Å². The van der Waals surface area contributed by atoms with E-state index in [9.17, 15) is 14.7 Å². The number of rotatable bonds is 10. The summed E-state index contributed by atoms with van der Waals surface area (Å²) in [6.07, 6.45) is 3.78. The van der Waals surface area contributed by atoms with Gasteiger partial charge in [-0.05, 0) is 92.8 Å². The zero-order chi connectivity index (χ0) is 31.8. The second kappa shape index (κ2) is 12.6. The van der Waals surface area contributed by atoms with Gasteiger partial charge in [0.2, 0.25) is 0 Å². The highest BCUT2D eigenvalue weighted by molar-refractivity contribution is 7.22. The molecule has 8 nitrogen and oxygen atoms in total. The fourth-order valence-electron chi connectivity index (χ4n) is 6.15. The number of ether oxygens (including phenoxy) is 3. The molecule has 234 valence electrons. The molecule has 2 aliphatic rings. The average Bonchev–Trinajstić information content (AvgIpc) is 3.68. The summed E-state index contributed by atoms with van der Waals surface area (Å²) in [5, 5.41) is 12.2. The van der Waals surface area contributed by atoms with Gasteiger partial charge in [-0.25, -0.2) is 4.98 Å². The molecule has 2 unspecified atom stereocenters. The first-order chi connectivity index (χ1) is 21.7. The normalized spacial score (nSPS) is 18.8. The fraction of sp³-hybridized carbons (Fsp3) is 0.361. The van der Waals surface area contributed by atoms with Crippen LogP contribution in [0.5, 0.6) is 17.2 Å². The van der Waals surface area contributed by atoms with Crippen molar-refractivity contribution in [1.82, 2.24) is 4.98 Å². The van der Waals surface area contributed by atoms with Gasteiger partial charge in [-0.2, -0.15) is 0 Å². The van der Waals surface area contributed by atoms with E-state index in [4.69, 9.17) is 19.2 Å². The molecule has 4 aromatic rings. The quantitative estimate of drug-likeness (QED) is 0.0829. The number of aliphatic hydroxyl groups excluding tert-OH is 1. The molecule has 2 aliphatic heterocycles.